The fourth-order valence-corrected chi connectivity index (χ4v) is 7.23. The molecule has 27 heavy (non-hydrogen) atoms. The number of hydrogen-bond acceptors (Lipinski definition) is 4. The second-order valence-electron chi connectivity index (χ2n) is 9.86. The fourth-order valence-electron chi connectivity index (χ4n) is 7.23. The monoisotopic (exact) mass is 372 g/mol. The molecule has 3 fully saturated rings. The van der Waals surface area contributed by atoms with Crippen molar-refractivity contribution in [2.45, 2.75) is 83.5 Å². The number of allylic oxidation sites excluding steroid dienone is 1. The zero-order chi connectivity index (χ0) is 19.6. The average molecular weight is 373 g/mol. The van der Waals surface area contributed by atoms with Crippen molar-refractivity contribution in [1.82, 2.24) is 0 Å². The highest BCUT2D eigenvalue weighted by molar-refractivity contribution is 5.66. The minimum absolute atomic E-state index is 0.136. The minimum Gasteiger partial charge on any atom is -0.458 e. The van der Waals surface area contributed by atoms with Crippen molar-refractivity contribution in [2.24, 2.45) is 28.6 Å². The molecule has 0 aliphatic heterocycles. The van der Waals surface area contributed by atoms with Gasteiger partial charge in [-0.2, -0.15) is 0 Å². The lowest BCUT2D eigenvalue weighted by atomic mass is 9.47. The maximum atomic E-state index is 11.6. The van der Waals surface area contributed by atoms with E-state index in [1.807, 2.05) is 0 Å². The molecule has 0 aromatic rings. The standard InChI is InChI=1S/C23H32O4/c1-5-23(26)20(27-14(2)24)13-19-17-7-6-15-12-16(25)8-10-21(15,3)18(17)9-11-22(19,23)4/h1,6,16-20,25-26H,7-13H2,2-4H3/t16-,17+,18-,19-,20+,21-,22-,23-/m0/s1. The van der Waals surface area contributed by atoms with Crippen LogP contribution < -0.4 is 0 Å². The Morgan fingerprint density at radius 2 is 2.04 bits per heavy atom. The molecule has 4 aliphatic carbocycles. The summed E-state index contributed by atoms with van der Waals surface area (Å²) in [5.74, 6) is 3.47. The van der Waals surface area contributed by atoms with E-state index in [4.69, 9.17) is 11.2 Å². The number of esters is 1. The predicted molar refractivity (Wildman–Crippen MR) is 102 cm³/mol. The summed E-state index contributed by atoms with van der Waals surface area (Å²) in [4.78, 5) is 11.6. The molecule has 4 rings (SSSR count). The third-order valence-corrected chi connectivity index (χ3v) is 8.80. The van der Waals surface area contributed by atoms with Gasteiger partial charge in [0.05, 0.1) is 6.10 Å². The highest BCUT2D eigenvalue weighted by Gasteiger charge is 2.68. The van der Waals surface area contributed by atoms with Crippen molar-refractivity contribution >= 4 is 5.97 Å². The van der Waals surface area contributed by atoms with Gasteiger partial charge in [-0.3, -0.25) is 4.79 Å². The zero-order valence-electron chi connectivity index (χ0n) is 16.7. The Balaban J connectivity index is 1.70. The second-order valence-corrected chi connectivity index (χ2v) is 9.86. The van der Waals surface area contributed by atoms with E-state index in [2.05, 4.69) is 25.8 Å². The van der Waals surface area contributed by atoms with Gasteiger partial charge in [0, 0.05) is 12.3 Å². The molecule has 0 amide bonds. The number of aliphatic hydroxyl groups is 2. The first-order valence-corrected chi connectivity index (χ1v) is 10.4. The van der Waals surface area contributed by atoms with Crippen LogP contribution in [0.1, 0.15) is 65.7 Å². The Hall–Kier alpha value is -1.31. The summed E-state index contributed by atoms with van der Waals surface area (Å²) in [6, 6.07) is 0. The molecule has 2 N–H and O–H groups in total. The van der Waals surface area contributed by atoms with Crippen molar-refractivity contribution in [3.8, 4) is 12.3 Å². The second kappa shape index (κ2) is 6.09. The first-order chi connectivity index (χ1) is 12.7. The molecular weight excluding hydrogens is 340 g/mol. The Morgan fingerprint density at radius 1 is 1.30 bits per heavy atom. The van der Waals surface area contributed by atoms with Crippen LogP contribution in [0.3, 0.4) is 0 Å². The molecule has 0 radical (unpaired) electrons. The summed E-state index contributed by atoms with van der Waals surface area (Å²) in [7, 11) is 0. The van der Waals surface area contributed by atoms with Crippen LogP contribution in [0.15, 0.2) is 11.6 Å². The SMILES string of the molecule is C#C[C@]1(O)[C@H](OC(C)=O)C[C@H]2[C@@H]3CC=C4C[C@@H](O)CC[C@]4(C)[C@H]3CC[C@@]21C. The summed E-state index contributed by atoms with van der Waals surface area (Å²) < 4.78 is 5.52. The molecular formula is C23H32O4. The predicted octanol–water partition coefficient (Wildman–Crippen LogP) is 3.22. The highest BCUT2D eigenvalue weighted by Crippen LogP contribution is 2.67. The van der Waals surface area contributed by atoms with Crippen LogP contribution in [0, 0.1) is 40.9 Å². The molecule has 0 aromatic heterocycles. The van der Waals surface area contributed by atoms with Gasteiger partial charge in [-0.05, 0) is 68.1 Å². The van der Waals surface area contributed by atoms with Crippen molar-refractivity contribution in [1.29, 1.82) is 0 Å². The lowest BCUT2D eigenvalue weighted by molar-refractivity contribution is -0.162. The van der Waals surface area contributed by atoms with Crippen LogP contribution in [0.4, 0.5) is 0 Å². The molecule has 0 bridgehead atoms. The van der Waals surface area contributed by atoms with Gasteiger partial charge >= 0.3 is 5.97 Å². The van der Waals surface area contributed by atoms with E-state index < -0.39 is 17.1 Å². The summed E-state index contributed by atoms with van der Waals surface area (Å²) in [6.45, 7) is 5.85. The van der Waals surface area contributed by atoms with Crippen molar-refractivity contribution < 1.29 is 19.7 Å². The van der Waals surface area contributed by atoms with Crippen LogP contribution in [0.25, 0.3) is 0 Å². The van der Waals surface area contributed by atoms with Gasteiger partial charge in [-0.25, -0.2) is 0 Å². The summed E-state index contributed by atoms with van der Waals surface area (Å²) >= 11 is 0. The van der Waals surface area contributed by atoms with E-state index in [9.17, 15) is 15.0 Å². The molecule has 0 spiro atoms. The topological polar surface area (TPSA) is 66.8 Å². The fraction of sp³-hybridized carbons (Fsp3) is 0.783. The van der Waals surface area contributed by atoms with Crippen molar-refractivity contribution in [2.75, 3.05) is 0 Å². The van der Waals surface area contributed by atoms with Gasteiger partial charge in [0.1, 0.15) is 6.10 Å². The molecule has 148 valence electrons. The van der Waals surface area contributed by atoms with E-state index in [-0.39, 0.29) is 23.4 Å². The lowest BCUT2D eigenvalue weighted by Gasteiger charge is -2.58. The molecule has 0 aromatic carbocycles. The largest absolute Gasteiger partial charge is 0.458 e. The van der Waals surface area contributed by atoms with Crippen LogP contribution in [0.5, 0.6) is 0 Å². The van der Waals surface area contributed by atoms with Crippen LogP contribution in [0.2, 0.25) is 0 Å². The molecule has 8 atom stereocenters. The first kappa shape index (κ1) is 19.0. The van der Waals surface area contributed by atoms with Crippen LogP contribution in [-0.4, -0.2) is 34.0 Å². The Morgan fingerprint density at radius 3 is 2.70 bits per heavy atom. The van der Waals surface area contributed by atoms with Crippen molar-refractivity contribution in [3.05, 3.63) is 11.6 Å². The van der Waals surface area contributed by atoms with E-state index in [0.717, 1.165) is 38.5 Å². The molecule has 3 saturated carbocycles. The summed E-state index contributed by atoms with van der Waals surface area (Å²) in [6.07, 6.45) is 13.5. The van der Waals surface area contributed by atoms with Crippen molar-refractivity contribution in [3.63, 3.8) is 0 Å². The number of ether oxygens (including phenoxy) is 1. The van der Waals surface area contributed by atoms with Gasteiger partial charge in [-0.1, -0.05) is 31.4 Å². The van der Waals surface area contributed by atoms with Gasteiger partial charge < -0.3 is 14.9 Å². The van der Waals surface area contributed by atoms with Gasteiger partial charge in [0.15, 0.2) is 5.60 Å². The Labute approximate surface area is 162 Å². The molecule has 0 unspecified atom stereocenters. The average Bonchev–Trinajstić information content (AvgIpc) is 2.83. The summed E-state index contributed by atoms with van der Waals surface area (Å²) in [5.41, 5.74) is -0.272. The van der Waals surface area contributed by atoms with E-state index in [1.54, 1.807) is 0 Å². The third kappa shape index (κ3) is 2.47. The molecule has 0 saturated heterocycles. The zero-order valence-corrected chi connectivity index (χ0v) is 16.7. The number of hydrogen-bond donors (Lipinski definition) is 2. The number of terminal acetylenes is 1. The lowest BCUT2D eigenvalue weighted by Crippen LogP contribution is -2.56. The van der Waals surface area contributed by atoms with E-state index in [1.165, 1.54) is 12.5 Å². The van der Waals surface area contributed by atoms with E-state index in [0.29, 0.717) is 18.3 Å². The minimum atomic E-state index is -1.40. The molecule has 4 aliphatic rings. The molecule has 4 heteroatoms. The first-order valence-electron chi connectivity index (χ1n) is 10.4. The van der Waals surface area contributed by atoms with Crippen LogP contribution in [-0.2, 0) is 9.53 Å². The number of rotatable bonds is 1. The highest BCUT2D eigenvalue weighted by atomic mass is 16.6. The molecule has 4 nitrogen and oxygen atoms in total. The number of fused-ring (bicyclic) bond motifs is 5. The molecule has 0 heterocycles. The van der Waals surface area contributed by atoms with E-state index >= 15 is 0 Å². The Kier molecular flexibility index (Phi) is 4.29. The van der Waals surface area contributed by atoms with Gasteiger partial charge in [0.2, 0.25) is 0 Å². The number of carbonyl (C=O) groups excluding carboxylic acids is 1. The quantitative estimate of drug-likeness (QED) is 0.421. The number of carbonyl (C=O) groups is 1. The smallest absolute Gasteiger partial charge is 0.303 e. The normalized spacial score (nSPS) is 51.3. The maximum Gasteiger partial charge on any atom is 0.303 e. The van der Waals surface area contributed by atoms with Gasteiger partial charge in [-0.15, -0.1) is 6.42 Å². The summed E-state index contributed by atoms with van der Waals surface area (Å²) in [5, 5.41) is 21.5. The Bertz CT molecular complexity index is 720. The third-order valence-electron chi connectivity index (χ3n) is 8.80. The maximum absolute atomic E-state index is 11.6. The number of aliphatic hydroxyl groups excluding tert-OH is 1. The van der Waals surface area contributed by atoms with Crippen LogP contribution >= 0.6 is 0 Å². The van der Waals surface area contributed by atoms with Gasteiger partial charge in [0.25, 0.3) is 0 Å².